The first-order valence-corrected chi connectivity index (χ1v) is 6.15. The third kappa shape index (κ3) is 1.55. The molecule has 0 aromatic heterocycles. The number of nitrogens with zero attached hydrogens (tertiary/aromatic N) is 2. The van der Waals surface area contributed by atoms with Crippen molar-refractivity contribution < 1.29 is 9.90 Å². The van der Waals surface area contributed by atoms with Crippen LogP contribution in [0.15, 0.2) is 23.3 Å². The maximum Gasteiger partial charge on any atom is 0.273 e. The van der Waals surface area contributed by atoms with E-state index in [1.54, 1.807) is 6.07 Å². The maximum atomic E-state index is 11.9. The number of hydrogen-bond donors (Lipinski definition) is 3. The number of nitrogens with one attached hydrogen (secondary N) is 2. The lowest BCUT2D eigenvalue weighted by molar-refractivity contribution is -0.119. The standard InChI is InChI=1S/C12H12N4O2S/c1-6-3-4-9-8(5-6)10-12(18,16(9)7(2)17)13-11(19)15-14-10/h3-5,18H,1-2H3,(H2,13,15,19)/t12-/m0/s1. The Balaban J connectivity index is 2.28. The molecule has 2 aliphatic heterocycles. The molecule has 1 aromatic carbocycles. The van der Waals surface area contributed by atoms with Gasteiger partial charge in [0.25, 0.3) is 5.85 Å². The Kier molecular flexibility index (Phi) is 2.38. The van der Waals surface area contributed by atoms with E-state index in [1.807, 2.05) is 19.1 Å². The van der Waals surface area contributed by atoms with Crippen molar-refractivity contribution in [2.75, 3.05) is 4.90 Å². The first kappa shape index (κ1) is 12.1. The van der Waals surface area contributed by atoms with Gasteiger partial charge in [-0.1, -0.05) is 11.6 Å². The summed E-state index contributed by atoms with van der Waals surface area (Å²) in [4.78, 5) is 13.1. The molecule has 1 atom stereocenters. The molecule has 3 N–H and O–H groups in total. The van der Waals surface area contributed by atoms with Crippen molar-refractivity contribution in [2.45, 2.75) is 19.7 Å². The predicted octanol–water partition coefficient (Wildman–Crippen LogP) is 0.189. The van der Waals surface area contributed by atoms with E-state index in [1.165, 1.54) is 11.8 Å². The summed E-state index contributed by atoms with van der Waals surface area (Å²) in [6.45, 7) is 3.32. The molecule has 98 valence electrons. The van der Waals surface area contributed by atoms with E-state index < -0.39 is 5.85 Å². The van der Waals surface area contributed by atoms with Crippen molar-refractivity contribution >= 4 is 34.6 Å². The van der Waals surface area contributed by atoms with Crippen LogP contribution in [0, 0.1) is 6.92 Å². The van der Waals surface area contributed by atoms with E-state index in [0.29, 0.717) is 17.0 Å². The highest BCUT2D eigenvalue weighted by Gasteiger charge is 2.52. The van der Waals surface area contributed by atoms with Crippen LogP contribution in [-0.4, -0.2) is 27.7 Å². The zero-order chi connectivity index (χ0) is 13.8. The lowest BCUT2D eigenvalue weighted by Crippen LogP contribution is -2.68. The number of amides is 1. The van der Waals surface area contributed by atoms with Gasteiger partial charge in [-0.3, -0.25) is 15.1 Å². The first-order valence-electron chi connectivity index (χ1n) is 5.74. The summed E-state index contributed by atoms with van der Waals surface area (Å²) in [6.07, 6.45) is 0. The molecule has 19 heavy (non-hydrogen) atoms. The normalized spacial score (nSPS) is 24.1. The van der Waals surface area contributed by atoms with E-state index in [4.69, 9.17) is 12.2 Å². The number of fused-ring (bicyclic) bond motifs is 3. The fourth-order valence-electron chi connectivity index (χ4n) is 2.45. The summed E-state index contributed by atoms with van der Waals surface area (Å²) in [7, 11) is 0. The van der Waals surface area contributed by atoms with Crippen LogP contribution in [0.3, 0.4) is 0 Å². The van der Waals surface area contributed by atoms with Crippen LogP contribution in [0.1, 0.15) is 18.1 Å². The summed E-state index contributed by atoms with van der Waals surface area (Å²) < 4.78 is 0. The number of hydrogen-bond acceptors (Lipinski definition) is 4. The molecule has 0 radical (unpaired) electrons. The van der Waals surface area contributed by atoms with Gasteiger partial charge in [0.2, 0.25) is 5.91 Å². The van der Waals surface area contributed by atoms with Crippen LogP contribution >= 0.6 is 12.2 Å². The second-order valence-electron chi connectivity index (χ2n) is 4.57. The second-order valence-corrected chi connectivity index (χ2v) is 4.98. The molecule has 0 bridgehead atoms. The first-order chi connectivity index (χ1) is 8.93. The third-order valence-corrected chi connectivity index (χ3v) is 3.37. The number of carbonyl (C=O) groups is 1. The summed E-state index contributed by atoms with van der Waals surface area (Å²) >= 11 is 4.95. The molecule has 0 spiro atoms. The number of benzene rings is 1. The van der Waals surface area contributed by atoms with Gasteiger partial charge in [0.15, 0.2) is 5.11 Å². The van der Waals surface area contributed by atoms with Crippen LogP contribution in [0.4, 0.5) is 5.69 Å². The lowest BCUT2D eigenvalue weighted by Gasteiger charge is -2.36. The minimum atomic E-state index is -1.72. The topological polar surface area (TPSA) is 77.0 Å². The number of carbonyl (C=O) groups excluding carboxylic acids is 1. The number of hydrazone groups is 1. The van der Waals surface area contributed by atoms with Crippen molar-refractivity contribution in [1.29, 1.82) is 0 Å². The summed E-state index contributed by atoms with van der Waals surface area (Å²) in [5.41, 5.74) is 5.29. The Bertz CT molecular complexity index is 643. The van der Waals surface area contributed by atoms with Gasteiger partial charge in [0.05, 0.1) is 5.69 Å². The highest BCUT2D eigenvalue weighted by atomic mass is 32.1. The van der Waals surface area contributed by atoms with E-state index in [9.17, 15) is 9.90 Å². The van der Waals surface area contributed by atoms with Gasteiger partial charge in [-0.15, -0.1) is 0 Å². The smallest absolute Gasteiger partial charge is 0.273 e. The summed E-state index contributed by atoms with van der Waals surface area (Å²) in [6, 6.07) is 5.54. The van der Waals surface area contributed by atoms with Crippen LogP contribution < -0.4 is 15.6 Å². The molecule has 0 unspecified atom stereocenters. The largest absolute Gasteiger partial charge is 0.349 e. The van der Waals surface area contributed by atoms with Gasteiger partial charge >= 0.3 is 0 Å². The highest BCUT2D eigenvalue weighted by Crippen LogP contribution is 2.38. The summed E-state index contributed by atoms with van der Waals surface area (Å²) in [5.74, 6) is -2.01. The number of aryl methyl sites for hydroxylation is 1. The average molecular weight is 276 g/mol. The van der Waals surface area contributed by atoms with Crippen molar-refractivity contribution in [3.05, 3.63) is 29.3 Å². The second kappa shape index (κ2) is 3.75. The van der Waals surface area contributed by atoms with Gasteiger partial charge in [-0.2, -0.15) is 5.10 Å². The Labute approximate surface area is 115 Å². The van der Waals surface area contributed by atoms with Crippen molar-refractivity contribution in [3.8, 4) is 0 Å². The van der Waals surface area contributed by atoms with E-state index in [0.717, 1.165) is 5.56 Å². The molecule has 2 heterocycles. The molecule has 1 amide bonds. The highest BCUT2D eigenvalue weighted by molar-refractivity contribution is 7.80. The van der Waals surface area contributed by atoms with Crippen molar-refractivity contribution in [3.63, 3.8) is 0 Å². The van der Waals surface area contributed by atoms with Gasteiger partial charge in [0, 0.05) is 12.5 Å². The molecule has 0 aliphatic carbocycles. The number of thiocarbonyl (C=S) groups is 1. The molecule has 0 fully saturated rings. The average Bonchev–Trinajstić information content (AvgIpc) is 2.55. The number of anilines is 1. The zero-order valence-electron chi connectivity index (χ0n) is 10.4. The Hall–Kier alpha value is -1.99. The van der Waals surface area contributed by atoms with Crippen LogP contribution in [-0.2, 0) is 4.79 Å². The fraction of sp³-hybridized carbons (Fsp3) is 0.250. The Morgan fingerprint density at radius 2 is 2.26 bits per heavy atom. The molecule has 3 rings (SSSR count). The van der Waals surface area contributed by atoms with Crippen molar-refractivity contribution in [2.24, 2.45) is 5.10 Å². The monoisotopic (exact) mass is 276 g/mol. The summed E-state index contributed by atoms with van der Waals surface area (Å²) in [5, 5.41) is 17.7. The number of rotatable bonds is 0. The molecule has 1 aromatic rings. The SMILES string of the molecule is CC(=O)N1c2ccc(C)cc2C2=NNC(=S)N[C@@]21O. The molecule has 2 aliphatic rings. The molecule has 0 saturated carbocycles. The Morgan fingerprint density at radius 1 is 1.53 bits per heavy atom. The molecular weight excluding hydrogens is 264 g/mol. The maximum absolute atomic E-state index is 11.9. The zero-order valence-corrected chi connectivity index (χ0v) is 11.2. The van der Waals surface area contributed by atoms with Gasteiger partial charge in [0.1, 0.15) is 5.71 Å². The number of aliphatic hydroxyl groups is 1. The van der Waals surface area contributed by atoms with E-state index in [2.05, 4.69) is 15.8 Å². The van der Waals surface area contributed by atoms with Crippen LogP contribution in [0.2, 0.25) is 0 Å². The van der Waals surface area contributed by atoms with Gasteiger partial charge < -0.3 is 10.4 Å². The van der Waals surface area contributed by atoms with Gasteiger partial charge in [-0.25, -0.2) is 0 Å². The predicted molar refractivity (Wildman–Crippen MR) is 74.7 cm³/mol. The quantitative estimate of drug-likeness (QED) is 0.590. The molecule has 7 heteroatoms. The molecule has 0 saturated heterocycles. The fourth-order valence-corrected chi connectivity index (χ4v) is 2.63. The van der Waals surface area contributed by atoms with Crippen LogP contribution in [0.5, 0.6) is 0 Å². The minimum Gasteiger partial charge on any atom is -0.349 e. The van der Waals surface area contributed by atoms with Gasteiger partial charge in [-0.05, 0) is 31.3 Å². The van der Waals surface area contributed by atoms with E-state index >= 15 is 0 Å². The molecule has 6 nitrogen and oxygen atoms in total. The van der Waals surface area contributed by atoms with E-state index in [-0.39, 0.29) is 11.0 Å². The Morgan fingerprint density at radius 3 is 2.95 bits per heavy atom. The lowest BCUT2D eigenvalue weighted by atomic mass is 10.1. The van der Waals surface area contributed by atoms with Crippen LogP contribution in [0.25, 0.3) is 0 Å². The minimum absolute atomic E-state index is 0.169. The molecular formula is C12H12N4O2S. The van der Waals surface area contributed by atoms with Crippen molar-refractivity contribution in [1.82, 2.24) is 10.7 Å². The third-order valence-electron chi connectivity index (χ3n) is 3.17.